The standard InChI is InChI=1S/C82H102N14O10S2/c1-61-55-94(78(98)24-6-4-8-40-92-58-66(84-86-92)18-14-26-82(102)106-60-96-74-54-68(32-28-64(74)30-34-80(96)100)104-50-12-10-38-88-43-47-90(48-44-88)72-20-16-22-76-70(72)36-52-108-76)62(2)56-93(61)77(97)23-5-3-7-39-91-57-65(83-85-91)17-13-25-81(101)105-59-95-73-53-67(31-27-63(73)29-33-79(95)99)103-49-11-9-37-87-41-45-89(46-42-87)71-19-15-21-75-69(71)35-51-107-75/h15-16,19-22,27-36,51-54,57-58,61-62H,3-14,17-18,23-26,37-50,55-56,59-60H2,1-2H3/t61-,62+. The van der Waals surface area contributed by atoms with Crippen molar-refractivity contribution in [3.05, 3.63) is 164 Å². The van der Waals surface area contributed by atoms with Crippen molar-refractivity contribution in [1.82, 2.24) is 58.7 Å². The normalized spacial score (nSPS) is 16.0. The van der Waals surface area contributed by atoms with Gasteiger partial charge in [-0.15, -0.1) is 32.9 Å². The number of unbranched alkanes of at least 4 members (excludes halogenated alkanes) is 6. The van der Waals surface area contributed by atoms with Crippen LogP contribution in [0.4, 0.5) is 11.4 Å². The number of amides is 2. The molecule has 10 aromatic rings. The zero-order chi connectivity index (χ0) is 74.6. The number of hydrogen-bond donors (Lipinski definition) is 0. The van der Waals surface area contributed by atoms with Gasteiger partial charge in [0.15, 0.2) is 13.5 Å². The minimum atomic E-state index is -0.402. The number of hydrogen-bond acceptors (Lipinski definition) is 20. The van der Waals surface area contributed by atoms with Crippen molar-refractivity contribution >= 4 is 99.8 Å². The van der Waals surface area contributed by atoms with Crippen molar-refractivity contribution in [3.63, 3.8) is 0 Å². The van der Waals surface area contributed by atoms with Gasteiger partial charge in [0.2, 0.25) is 11.8 Å². The SMILES string of the molecule is C[C@@H]1CN(C(=O)CCCCCn2cc(CCCC(=O)OCn3c(=O)ccc4ccc(OCCCCN5CCN(c6cccc7sccc67)CC5)cc43)nn2)[C@@H](C)CN1C(=O)CCCCCn1cc(CCCC(=O)OCn2c(=O)ccc3ccc(OCCCCN4CCN(c5cccc6sccc56)CC4)cc32)nn1. The summed E-state index contributed by atoms with van der Waals surface area (Å²) in [6, 6.07) is 35.4. The molecule has 0 spiro atoms. The molecule has 572 valence electrons. The molecule has 24 nitrogen and oxygen atoms in total. The summed E-state index contributed by atoms with van der Waals surface area (Å²) in [6.45, 7) is 17.4. The van der Waals surface area contributed by atoms with Crippen LogP contribution < -0.4 is 30.4 Å². The zero-order valence-electron chi connectivity index (χ0n) is 62.5. The Balaban J connectivity index is 0.438. The van der Waals surface area contributed by atoms with E-state index in [1.54, 1.807) is 44.2 Å². The molecule has 0 saturated carbocycles. The number of rotatable bonds is 38. The Morgan fingerprint density at radius 2 is 0.880 bits per heavy atom. The molecule has 0 bridgehead atoms. The lowest BCUT2D eigenvalue weighted by Gasteiger charge is -2.44. The van der Waals surface area contributed by atoms with Crippen LogP contribution in [0.5, 0.6) is 11.5 Å². The molecule has 3 fully saturated rings. The summed E-state index contributed by atoms with van der Waals surface area (Å²) < 4.78 is 32.8. The van der Waals surface area contributed by atoms with Crippen LogP contribution in [-0.4, -0.2) is 186 Å². The van der Waals surface area contributed by atoms with E-state index in [0.717, 1.165) is 152 Å². The molecule has 4 aromatic carbocycles. The minimum absolute atomic E-state index is 0.0782. The van der Waals surface area contributed by atoms with E-state index >= 15 is 0 Å². The van der Waals surface area contributed by atoms with Gasteiger partial charge in [0.25, 0.3) is 11.1 Å². The predicted molar refractivity (Wildman–Crippen MR) is 424 cm³/mol. The fraction of sp³-hybridized carbons (Fsp3) is 0.488. The molecule has 0 unspecified atom stereocenters. The third kappa shape index (κ3) is 20.6. The average molecular weight is 1510 g/mol. The molecule has 6 aromatic heterocycles. The van der Waals surface area contributed by atoms with Crippen LogP contribution >= 0.6 is 22.7 Å². The van der Waals surface area contributed by atoms with Gasteiger partial charge in [-0.2, -0.15) is 0 Å². The second kappa shape index (κ2) is 38.0. The summed E-state index contributed by atoms with van der Waals surface area (Å²) in [7, 11) is 0. The lowest BCUT2D eigenvalue weighted by atomic mass is 10.0. The highest BCUT2D eigenvalue weighted by Crippen LogP contribution is 2.33. The third-order valence-electron chi connectivity index (χ3n) is 21.3. The van der Waals surface area contributed by atoms with Gasteiger partial charge >= 0.3 is 11.9 Å². The summed E-state index contributed by atoms with van der Waals surface area (Å²) >= 11 is 3.58. The first kappa shape index (κ1) is 76.7. The Bertz CT molecular complexity index is 4470. The number of ether oxygens (including phenoxy) is 4. The van der Waals surface area contributed by atoms with Gasteiger partial charge in [0.05, 0.1) is 35.6 Å². The van der Waals surface area contributed by atoms with Crippen molar-refractivity contribution in [2.24, 2.45) is 0 Å². The predicted octanol–water partition coefficient (Wildman–Crippen LogP) is 12.2. The van der Waals surface area contributed by atoms with Gasteiger partial charge in [-0.05, 0) is 198 Å². The van der Waals surface area contributed by atoms with Gasteiger partial charge in [-0.25, -0.2) is 0 Å². The molecular weight excluding hydrogens is 1410 g/mol. The highest BCUT2D eigenvalue weighted by molar-refractivity contribution is 7.17. The summed E-state index contributed by atoms with van der Waals surface area (Å²) in [6.07, 6.45) is 15.9. The summed E-state index contributed by atoms with van der Waals surface area (Å²) in [4.78, 5) is 92.9. The molecule has 2 atom stereocenters. The maximum atomic E-state index is 13.5. The van der Waals surface area contributed by atoms with Crippen LogP contribution in [-0.2, 0) is 68.0 Å². The van der Waals surface area contributed by atoms with E-state index in [4.69, 9.17) is 18.9 Å². The number of pyridine rings is 2. The minimum Gasteiger partial charge on any atom is -0.494 e. The largest absolute Gasteiger partial charge is 0.494 e. The van der Waals surface area contributed by atoms with Gasteiger partial charge in [-0.1, -0.05) is 35.4 Å². The Morgan fingerprint density at radius 3 is 1.32 bits per heavy atom. The quantitative estimate of drug-likeness (QED) is 0.0259. The Labute approximate surface area is 638 Å². The number of nitrogens with zero attached hydrogens (tertiary/aromatic N) is 14. The molecule has 3 aliphatic rings. The van der Waals surface area contributed by atoms with Gasteiger partial charge in [0, 0.05) is 185 Å². The van der Waals surface area contributed by atoms with E-state index in [-0.39, 0.29) is 61.3 Å². The number of aromatic nitrogens is 8. The Morgan fingerprint density at radius 1 is 0.454 bits per heavy atom. The van der Waals surface area contributed by atoms with Crippen LogP contribution in [0.15, 0.2) is 142 Å². The van der Waals surface area contributed by atoms with Crippen molar-refractivity contribution in [2.45, 2.75) is 168 Å². The fourth-order valence-electron chi connectivity index (χ4n) is 15.1. The van der Waals surface area contributed by atoms with Crippen molar-refractivity contribution < 1.29 is 38.1 Å². The molecule has 2 amide bonds. The topological polar surface area (TPSA) is 230 Å². The Kier molecular flexibility index (Phi) is 27.0. The van der Waals surface area contributed by atoms with E-state index in [9.17, 15) is 28.8 Å². The van der Waals surface area contributed by atoms with Crippen LogP contribution in [0.25, 0.3) is 42.0 Å². The summed E-state index contributed by atoms with van der Waals surface area (Å²) in [5, 5.41) is 26.0. The number of carbonyl (C=O) groups is 4. The second-order valence-electron chi connectivity index (χ2n) is 29.0. The molecular formula is C82H102N14O10S2. The van der Waals surface area contributed by atoms with Gasteiger partial charge in [-0.3, -0.25) is 57.1 Å². The van der Waals surface area contributed by atoms with Gasteiger partial charge in [0.1, 0.15) is 11.5 Å². The fourth-order valence-corrected chi connectivity index (χ4v) is 16.7. The molecule has 9 heterocycles. The number of piperazine rings is 3. The maximum absolute atomic E-state index is 13.5. The van der Waals surface area contributed by atoms with Crippen molar-refractivity contribution in [3.8, 4) is 11.5 Å². The molecule has 3 aliphatic heterocycles. The molecule has 0 aliphatic carbocycles. The number of anilines is 2. The van der Waals surface area contributed by atoms with E-state index in [1.807, 2.05) is 72.4 Å². The molecule has 26 heteroatoms. The summed E-state index contributed by atoms with van der Waals surface area (Å²) in [5.74, 6) is 0.754. The second-order valence-corrected chi connectivity index (χ2v) is 30.9. The Hall–Kier alpha value is -9.50. The maximum Gasteiger partial charge on any atom is 0.307 e. The van der Waals surface area contributed by atoms with E-state index in [2.05, 4.69) is 99.5 Å². The van der Waals surface area contributed by atoms with Crippen LogP contribution in [0.2, 0.25) is 0 Å². The van der Waals surface area contributed by atoms with Gasteiger partial charge < -0.3 is 38.5 Å². The highest BCUT2D eigenvalue weighted by Gasteiger charge is 2.34. The van der Waals surface area contributed by atoms with E-state index in [0.29, 0.717) is 100 Å². The molecule has 108 heavy (non-hydrogen) atoms. The van der Waals surface area contributed by atoms with Crippen LogP contribution in [0, 0.1) is 0 Å². The van der Waals surface area contributed by atoms with Crippen LogP contribution in [0.1, 0.15) is 128 Å². The number of benzene rings is 4. The number of esters is 2. The first-order chi connectivity index (χ1) is 52.8. The van der Waals surface area contributed by atoms with Crippen molar-refractivity contribution in [2.75, 3.05) is 102 Å². The smallest absolute Gasteiger partial charge is 0.307 e. The number of thiophene rings is 2. The molecule has 0 N–H and O–H groups in total. The lowest BCUT2D eigenvalue weighted by molar-refractivity contribution is -0.148. The lowest BCUT2D eigenvalue weighted by Crippen LogP contribution is -2.59. The average Bonchev–Trinajstić information content (AvgIpc) is 1.26. The van der Waals surface area contributed by atoms with E-state index in [1.165, 1.54) is 52.8 Å². The monoisotopic (exact) mass is 1510 g/mol. The number of aryl methyl sites for hydroxylation is 4. The zero-order valence-corrected chi connectivity index (χ0v) is 64.1. The summed E-state index contributed by atoms with van der Waals surface area (Å²) in [5.41, 5.74) is 4.99. The molecule has 3 saturated heterocycles. The molecule has 0 radical (unpaired) electrons. The van der Waals surface area contributed by atoms with Crippen molar-refractivity contribution in [1.29, 1.82) is 0 Å². The first-order valence-corrected chi connectivity index (χ1v) is 40.7. The highest BCUT2D eigenvalue weighted by atomic mass is 32.1. The molecule has 13 rings (SSSR count). The van der Waals surface area contributed by atoms with Crippen LogP contribution in [0.3, 0.4) is 0 Å². The number of fused-ring (bicyclic) bond motifs is 4. The van der Waals surface area contributed by atoms with E-state index < -0.39 is 11.9 Å². The number of carbonyl (C=O) groups excluding carboxylic acids is 4. The first-order valence-electron chi connectivity index (χ1n) is 38.9. The third-order valence-corrected chi connectivity index (χ3v) is 23.0.